The third-order valence-electron chi connectivity index (χ3n) is 4.38. The smallest absolute Gasteiger partial charge is 0.273 e. The number of aromatic amines is 1. The van der Waals surface area contributed by atoms with E-state index in [1.807, 2.05) is 57.2 Å². The number of H-pyrrole nitrogens is 1. The second kappa shape index (κ2) is 9.01. The van der Waals surface area contributed by atoms with E-state index in [1.54, 1.807) is 12.4 Å². The Morgan fingerprint density at radius 2 is 1.96 bits per heavy atom. The molecule has 146 valence electrons. The molecule has 0 radical (unpaired) electrons. The highest BCUT2D eigenvalue weighted by molar-refractivity contribution is 9.10. The summed E-state index contributed by atoms with van der Waals surface area (Å²) in [6, 6.07) is 11.4. The Morgan fingerprint density at radius 1 is 1.21 bits per heavy atom. The van der Waals surface area contributed by atoms with E-state index >= 15 is 0 Å². The van der Waals surface area contributed by atoms with Crippen molar-refractivity contribution in [3.05, 3.63) is 75.8 Å². The van der Waals surface area contributed by atoms with Crippen molar-refractivity contribution in [1.29, 1.82) is 0 Å². The number of benzene rings is 1. The lowest BCUT2D eigenvalue weighted by Crippen LogP contribution is -2.27. The highest BCUT2D eigenvalue weighted by atomic mass is 79.9. The van der Waals surface area contributed by atoms with Gasteiger partial charge in [-0.2, -0.15) is 5.10 Å². The van der Waals surface area contributed by atoms with Crippen LogP contribution in [0.15, 0.2) is 53.3 Å². The van der Waals surface area contributed by atoms with Gasteiger partial charge in [-0.25, -0.2) is 0 Å². The summed E-state index contributed by atoms with van der Waals surface area (Å²) in [4.78, 5) is 16.6. The average molecular weight is 443 g/mol. The molecule has 28 heavy (non-hydrogen) atoms. The predicted molar refractivity (Wildman–Crippen MR) is 111 cm³/mol. The molecule has 2 aromatic heterocycles. The fourth-order valence-electron chi connectivity index (χ4n) is 2.73. The van der Waals surface area contributed by atoms with Crippen molar-refractivity contribution in [3.63, 3.8) is 0 Å². The van der Waals surface area contributed by atoms with Gasteiger partial charge in [-0.15, -0.1) is 0 Å². The van der Waals surface area contributed by atoms with Crippen molar-refractivity contribution in [2.24, 2.45) is 0 Å². The number of halogens is 1. The topological polar surface area (TPSA) is 79.9 Å². The van der Waals surface area contributed by atoms with Crippen LogP contribution in [-0.4, -0.2) is 21.1 Å². The van der Waals surface area contributed by atoms with E-state index < -0.39 is 0 Å². The van der Waals surface area contributed by atoms with Crippen LogP contribution in [0.3, 0.4) is 0 Å². The summed E-state index contributed by atoms with van der Waals surface area (Å²) in [6.45, 7) is 6.49. The average Bonchev–Trinajstić information content (AvgIpc) is 3.09. The Bertz CT molecular complexity index is 923. The zero-order chi connectivity index (χ0) is 20.1. The zero-order valence-electron chi connectivity index (χ0n) is 16.1. The van der Waals surface area contributed by atoms with Crippen molar-refractivity contribution in [3.8, 4) is 5.75 Å². The number of nitrogens with one attached hydrogen (secondary N) is 2. The Kier molecular flexibility index (Phi) is 6.46. The Labute approximate surface area is 172 Å². The number of carbonyl (C=O) groups is 1. The molecule has 6 nitrogen and oxygen atoms in total. The van der Waals surface area contributed by atoms with E-state index in [9.17, 15) is 4.79 Å². The molecular weight excluding hydrogens is 420 g/mol. The van der Waals surface area contributed by atoms with Gasteiger partial charge < -0.3 is 10.1 Å². The lowest BCUT2D eigenvalue weighted by molar-refractivity contribution is 0.0934. The van der Waals surface area contributed by atoms with Crippen LogP contribution in [0.25, 0.3) is 0 Å². The van der Waals surface area contributed by atoms with Crippen molar-refractivity contribution in [2.75, 3.05) is 0 Å². The van der Waals surface area contributed by atoms with E-state index in [2.05, 4.69) is 36.4 Å². The fraction of sp³-hybridized carbons (Fsp3) is 0.286. The Balaban J connectivity index is 1.60. The van der Waals surface area contributed by atoms with Crippen LogP contribution in [0.2, 0.25) is 0 Å². The minimum Gasteiger partial charge on any atom is -0.489 e. The van der Waals surface area contributed by atoms with Gasteiger partial charge in [0.1, 0.15) is 12.4 Å². The number of ether oxygens (including phenoxy) is 1. The fourth-order valence-corrected chi connectivity index (χ4v) is 3.54. The molecule has 2 heterocycles. The molecule has 7 heteroatoms. The van der Waals surface area contributed by atoms with E-state index in [0.29, 0.717) is 16.8 Å². The minimum atomic E-state index is -0.223. The van der Waals surface area contributed by atoms with Crippen molar-refractivity contribution in [1.82, 2.24) is 20.5 Å². The molecule has 0 aliphatic heterocycles. The van der Waals surface area contributed by atoms with Crippen LogP contribution in [0.4, 0.5) is 0 Å². The van der Waals surface area contributed by atoms with Gasteiger partial charge >= 0.3 is 0 Å². The van der Waals surface area contributed by atoms with Gasteiger partial charge in [0.15, 0.2) is 5.69 Å². The molecule has 0 spiro atoms. The van der Waals surface area contributed by atoms with E-state index in [4.69, 9.17) is 4.74 Å². The van der Waals surface area contributed by atoms with Crippen LogP contribution in [0, 0.1) is 0 Å². The van der Waals surface area contributed by atoms with Crippen LogP contribution in [-0.2, 0) is 6.61 Å². The molecule has 3 aromatic rings. The lowest BCUT2D eigenvalue weighted by atomic mass is 10.1. The third kappa shape index (κ3) is 4.78. The standard InChI is InChI=1S/C21H23BrN4O2/c1-13(2)19-18(22)20(26-25-19)21(27)24-14(3)16-6-8-17(9-7-16)28-12-15-5-4-10-23-11-15/h4-11,13-14H,12H2,1-3H3,(H,24,27)(H,25,26). The van der Waals surface area contributed by atoms with E-state index in [0.717, 1.165) is 22.6 Å². The minimum absolute atomic E-state index is 0.161. The van der Waals surface area contributed by atoms with Crippen LogP contribution in [0.5, 0.6) is 5.75 Å². The SMILES string of the molecule is CC(C)c1[nH]nc(C(=O)NC(C)c2ccc(OCc3cccnc3)cc2)c1Br. The quantitative estimate of drug-likeness (QED) is 0.552. The van der Waals surface area contributed by atoms with E-state index in [-0.39, 0.29) is 17.9 Å². The van der Waals surface area contributed by atoms with Gasteiger partial charge in [-0.1, -0.05) is 32.0 Å². The molecule has 3 rings (SSSR count). The van der Waals surface area contributed by atoms with Crippen molar-refractivity contribution < 1.29 is 9.53 Å². The molecular formula is C21H23BrN4O2. The number of amides is 1. The summed E-state index contributed by atoms with van der Waals surface area (Å²) in [5.74, 6) is 0.794. The molecule has 0 aliphatic rings. The number of nitrogens with zero attached hydrogens (tertiary/aromatic N) is 2. The summed E-state index contributed by atoms with van der Waals surface area (Å²) in [5.41, 5.74) is 3.27. The molecule has 1 unspecified atom stereocenters. The molecule has 2 N–H and O–H groups in total. The summed E-state index contributed by atoms with van der Waals surface area (Å²) in [6.07, 6.45) is 3.52. The second-order valence-electron chi connectivity index (χ2n) is 6.87. The van der Waals surface area contributed by atoms with Gasteiger partial charge in [0, 0.05) is 18.0 Å². The summed E-state index contributed by atoms with van der Waals surface area (Å²) in [7, 11) is 0. The number of hydrogen-bond acceptors (Lipinski definition) is 4. The highest BCUT2D eigenvalue weighted by Crippen LogP contribution is 2.26. The summed E-state index contributed by atoms with van der Waals surface area (Å²) < 4.78 is 6.48. The first-order chi connectivity index (χ1) is 13.5. The van der Waals surface area contributed by atoms with Crippen molar-refractivity contribution >= 4 is 21.8 Å². The maximum atomic E-state index is 12.6. The van der Waals surface area contributed by atoms with Gasteiger partial charge in [0.05, 0.1) is 16.2 Å². The predicted octanol–water partition coefficient (Wildman–Crippen LogP) is 4.76. The molecule has 0 saturated carbocycles. The summed E-state index contributed by atoms with van der Waals surface area (Å²) in [5, 5.41) is 10.0. The van der Waals surface area contributed by atoms with Gasteiger partial charge in [0.25, 0.3) is 5.91 Å². The molecule has 0 bridgehead atoms. The van der Waals surface area contributed by atoms with Crippen molar-refractivity contribution in [2.45, 2.75) is 39.3 Å². The number of carbonyl (C=O) groups excluding carboxylic acids is 1. The van der Waals surface area contributed by atoms with Gasteiger partial charge in [-0.3, -0.25) is 14.9 Å². The molecule has 0 fully saturated rings. The molecule has 1 atom stereocenters. The molecule has 1 amide bonds. The normalized spacial score (nSPS) is 12.0. The second-order valence-corrected chi connectivity index (χ2v) is 7.66. The first-order valence-electron chi connectivity index (χ1n) is 9.12. The first kappa shape index (κ1) is 20.1. The molecule has 0 aliphatic carbocycles. The Hall–Kier alpha value is -2.67. The maximum Gasteiger partial charge on any atom is 0.273 e. The number of aromatic nitrogens is 3. The van der Waals surface area contributed by atoms with Gasteiger partial charge in [-0.05, 0) is 52.5 Å². The monoisotopic (exact) mass is 442 g/mol. The highest BCUT2D eigenvalue weighted by Gasteiger charge is 2.21. The Morgan fingerprint density at radius 3 is 2.57 bits per heavy atom. The number of hydrogen-bond donors (Lipinski definition) is 2. The van der Waals surface area contributed by atoms with Gasteiger partial charge in [0.2, 0.25) is 0 Å². The maximum absolute atomic E-state index is 12.6. The van der Waals surface area contributed by atoms with E-state index in [1.165, 1.54) is 0 Å². The lowest BCUT2D eigenvalue weighted by Gasteiger charge is -2.14. The largest absolute Gasteiger partial charge is 0.489 e. The molecule has 0 saturated heterocycles. The first-order valence-corrected chi connectivity index (χ1v) is 9.91. The van der Waals surface area contributed by atoms with Crippen LogP contribution in [0.1, 0.15) is 60.0 Å². The number of rotatable bonds is 7. The van der Waals surface area contributed by atoms with Crippen LogP contribution < -0.4 is 10.1 Å². The zero-order valence-corrected chi connectivity index (χ0v) is 17.7. The third-order valence-corrected chi connectivity index (χ3v) is 5.18. The van der Waals surface area contributed by atoms with Crippen LogP contribution >= 0.6 is 15.9 Å². The molecule has 1 aromatic carbocycles. The number of pyridine rings is 1. The summed E-state index contributed by atoms with van der Waals surface area (Å²) >= 11 is 3.47.